The van der Waals surface area contributed by atoms with E-state index in [1.54, 1.807) is 20.8 Å². The molecule has 5 heteroatoms. The number of ether oxygens (including phenoxy) is 1. The van der Waals surface area contributed by atoms with E-state index in [0.717, 1.165) is 0 Å². The molecular formula is C11H21NO4. The lowest BCUT2D eigenvalue weighted by Gasteiger charge is -2.25. The van der Waals surface area contributed by atoms with E-state index in [4.69, 9.17) is 15.6 Å². The number of carbonyl (C=O) groups excluding carboxylic acids is 1. The van der Waals surface area contributed by atoms with Gasteiger partial charge in [-0.15, -0.1) is 0 Å². The molecule has 0 rings (SSSR count). The zero-order valence-corrected chi connectivity index (χ0v) is 10.3. The molecule has 0 aliphatic heterocycles. The molecule has 0 unspecified atom stereocenters. The molecule has 0 heterocycles. The molecule has 2 atom stereocenters. The second kappa shape index (κ2) is 5.84. The first-order chi connectivity index (χ1) is 7.19. The summed E-state index contributed by atoms with van der Waals surface area (Å²) in [6.45, 7) is 7.08. The average Bonchev–Trinajstić information content (AvgIpc) is 2.09. The monoisotopic (exact) mass is 231 g/mol. The predicted molar refractivity (Wildman–Crippen MR) is 59.9 cm³/mol. The predicted octanol–water partition coefficient (Wildman–Crippen LogP) is 1.16. The second-order valence-electron chi connectivity index (χ2n) is 4.79. The number of carboxylic acids is 1. The van der Waals surface area contributed by atoms with Gasteiger partial charge < -0.3 is 15.6 Å². The Morgan fingerprint density at radius 2 is 1.88 bits per heavy atom. The Labute approximate surface area is 96.0 Å². The summed E-state index contributed by atoms with van der Waals surface area (Å²) in [6, 6.07) is -1.20. The van der Waals surface area contributed by atoms with Crippen LogP contribution < -0.4 is 5.73 Å². The highest BCUT2D eigenvalue weighted by atomic mass is 16.6. The second-order valence-corrected chi connectivity index (χ2v) is 4.79. The first kappa shape index (κ1) is 14.9. The number of hydrogen-bond donors (Lipinski definition) is 2. The lowest BCUT2D eigenvalue weighted by Crippen LogP contribution is -2.44. The number of carboxylic acid groups (broad SMARTS) is 1. The van der Waals surface area contributed by atoms with E-state index < -0.39 is 29.5 Å². The van der Waals surface area contributed by atoms with Crippen molar-refractivity contribution in [3.8, 4) is 0 Å². The van der Waals surface area contributed by atoms with Gasteiger partial charge in [-0.05, 0) is 27.2 Å². The number of esters is 1. The number of hydrogen-bond acceptors (Lipinski definition) is 4. The van der Waals surface area contributed by atoms with Crippen molar-refractivity contribution in [2.24, 2.45) is 11.7 Å². The molecule has 94 valence electrons. The summed E-state index contributed by atoms with van der Waals surface area (Å²) < 4.78 is 5.14. The van der Waals surface area contributed by atoms with Gasteiger partial charge in [0.1, 0.15) is 11.6 Å². The van der Waals surface area contributed by atoms with Crippen LogP contribution in [0.5, 0.6) is 0 Å². The first-order valence-electron chi connectivity index (χ1n) is 5.40. The van der Waals surface area contributed by atoms with E-state index in [0.29, 0.717) is 12.8 Å². The van der Waals surface area contributed by atoms with E-state index in [9.17, 15) is 9.59 Å². The van der Waals surface area contributed by atoms with Crippen molar-refractivity contribution in [3.63, 3.8) is 0 Å². The van der Waals surface area contributed by atoms with Crippen molar-refractivity contribution >= 4 is 11.9 Å². The van der Waals surface area contributed by atoms with Gasteiger partial charge in [0, 0.05) is 0 Å². The summed E-state index contributed by atoms with van der Waals surface area (Å²) in [5, 5.41) is 8.79. The van der Waals surface area contributed by atoms with Crippen LogP contribution in [0.2, 0.25) is 0 Å². The first-order valence-corrected chi connectivity index (χ1v) is 5.40. The molecule has 5 nitrogen and oxygen atoms in total. The SMILES string of the molecule is CCC[C@@H](C(=O)OC(C)(C)C)[C@H](N)C(=O)O. The Morgan fingerprint density at radius 3 is 2.19 bits per heavy atom. The molecular weight excluding hydrogens is 210 g/mol. The molecule has 0 fully saturated rings. The van der Waals surface area contributed by atoms with Crippen molar-refractivity contribution in [3.05, 3.63) is 0 Å². The Morgan fingerprint density at radius 1 is 1.38 bits per heavy atom. The average molecular weight is 231 g/mol. The molecule has 0 saturated carbocycles. The third-order valence-electron chi connectivity index (χ3n) is 2.03. The fraction of sp³-hybridized carbons (Fsp3) is 0.818. The van der Waals surface area contributed by atoms with Gasteiger partial charge in [-0.3, -0.25) is 9.59 Å². The number of aliphatic carboxylic acids is 1. The van der Waals surface area contributed by atoms with E-state index in [1.165, 1.54) is 0 Å². The number of nitrogens with two attached hydrogens (primary N) is 1. The number of carbonyl (C=O) groups is 2. The maximum Gasteiger partial charge on any atom is 0.321 e. The zero-order chi connectivity index (χ0) is 12.9. The van der Waals surface area contributed by atoms with Gasteiger partial charge in [-0.25, -0.2) is 0 Å². The van der Waals surface area contributed by atoms with Crippen LogP contribution in [0.15, 0.2) is 0 Å². The molecule has 0 aromatic rings. The van der Waals surface area contributed by atoms with Crippen molar-refractivity contribution in [2.75, 3.05) is 0 Å². The minimum atomic E-state index is -1.20. The Bertz CT molecular complexity index is 257. The van der Waals surface area contributed by atoms with Gasteiger partial charge in [-0.2, -0.15) is 0 Å². The molecule has 0 aromatic heterocycles. The third-order valence-corrected chi connectivity index (χ3v) is 2.03. The van der Waals surface area contributed by atoms with Crippen LogP contribution in [-0.4, -0.2) is 28.7 Å². The van der Waals surface area contributed by atoms with E-state index in [-0.39, 0.29) is 0 Å². The van der Waals surface area contributed by atoms with Gasteiger partial charge in [0.05, 0.1) is 5.92 Å². The van der Waals surface area contributed by atoms with Crippen LogP contribution >= 0.6 is 0 Å². The largest absolute Gasteiger partial charge is 0.480 e. The third kappa shape index (κ3) is 5.11. The summed E-state index contributed by atoms with van der Waals surface area (Å²) in [7, 11) is 0. The highest BCUT2D eigenvalue weighted by Gasteiger charge is 2.33. The molecule has 0 aliphatic carbocycles. The van der Waals surface area contributed by atoms with Crippen LogP contribution in [0.1, 0.15) is 40.5 Å². The summed E-state index contributed by atoms with van der Waals surface area (Å²) in [6.07, 6.45) is 1.10. The maximum absolute atomic E-state index is 11.7. The van der Waals surface area contributed by atoms with Gasteiger partial charge in [0.25, 0.3) is 0 Å². The molecule has 0 saturated heterocycles. The van der Waals surface area contributed by atoms with E-state index >= 15 is 0 Å². The van der Waals surface area contributed by atoms with Crippen LogP contribution in [0.25, 0.3) is 0 Å². The molecule has 0 bridgehead atoms. The highest BCUT2D eigenvalue weighted by Crippen LogP contribution is 2.17. The molecule has 0 amide bonds. The summed E-state index contributed by atoms with van der Waals surface area (Å²) in [4.78, 5) is 22.5. The lowest BCUT2D eigenvalue weighted by molar-refractivity contribution is -0.164. The quantitative estimate of drug-likeness (QED) is 0.693. The minimum absolute atomic E-state index is 0.419. The molecule has 0 radical (unpaired) electrons. The van der Waals surface area contributed by atoms with Crippen LogP contribution in [0, 0.1) is 5.92 Å². The molecule has 3 N–H and O–H groups in total. The Hall–Kier alpha value is -1.10. The van der Waals surface area contributed by atoms with Gasteiger partial charge >= 0.3 is 11.9 Å². The van der Waals surface area contributed by atoms with E-state index in [2.05, 4.69) is 0 Å². The normalized spacial score (nSPS) is 15.3. The highest BCUT2D eigenvalue weighted by molar-refractivity contribution is 5.83. The summed E-state index contributed by atoms with van der Waals surface area (Å²) in [5.74, 6) is -2.49. The smallest absolute Gasteiger partial charge is 0.321 e. The summed E-state index contributed by atoms with van der Waals surface area (Å²) >= 11 is 0. The van der Waals surface area contributed by atoms with Crippen LogP contribution in [0.3, 0.4) is 0 Å². The van der Waals surface area contributed by atoms with Gasteiger partial charge in [0.15, 0.2) is 0 Å². The van der Waals surface area contributed by atoms with Crippen molar-refractivity contribution in [2.45, 2.75) is 52.2 Å². The zero-order valence-electron chi connectivity index (χ0n) is 10.3. The maximum atomic E-state index is 11.7. The lowest BCUT2D eigenvalue weighted by atomic mass is 9.95. The fourth-order valence-corrected chi connectivity index (χ4v) is 1.30. The minimum Gasteiger partial charge on any atom is -0.480 e. The standard InChI is InChI=1S/C11H21NO4/c1-5-6-7(8(12)9(13)14)10(15)16-11(2,3)4/h7-8H,5-6,12H2,1-4H3,(H,13,14)/t7-,8+/m1/s1. The van der Waals surface area contributed by atoms with Crippen LogP contribution in [-0.2, 0) is 14.3 Å². The molecule has 0 aliphatic rings. The van der Waals surface area contributed by atoms with Crippen molar-refractivity contribution < 1.29 is 19.4 Å². The molecule has 16 heavy (non-hydrogen) atoms. The van der Waals surface area contributed by atoms with Crippen molar-refractivity contribution in [1.82, 2.24) is 0 Å². The topological polar surface area (TPSA) is 89.6 Å². The number of rotatable bonds is 5. The van der Waals surface area contributed by atoms with E-state index in [1.807, 2.05) is 6.92 Å². The van der Waals surface area contributed by atoms with Crippen LogP contribution in [0.4, 0.5) is 0 Å². The van der Waals surface area contributed by atoms with Crippen molar-refractivity contribution in [1.29, 1.82) is 0 Å². The molecule has 0 spiro atoms. The Kier molecular flexibility index (Phi) is 5.44. The summed E-state index contributed by atoms with van der Waals surface area (Å²) in [5.41, 5.74) is 4.84. The fourth-order valence-electron chi connectivity index (χ4n) is 1.30. The Balaban J connectivity index is 4.65. The van der Waals surface area contributed by atoms with Gasteiger partial charge in [0.2, 0.25) is 0 Å². The van der Waals surface area contributed by atoms with Gasteiger partial charge in [-0.1, -0.05) is 13.3 Å². The molecule has 0 aromatic carbocycles.